The Hall–Kier alpha value is -1.58. The largest absolute Gasteiger partial charge is 0.452 e. The second kappa shape index (κ2) is 11.0. The van der Waals surface area contributed by atoms with Crippen LogP contribution in [0.25, 0.3) is 0 Å². The molecule has 2 N–H and O–H groups in total. The summed E-state index contributed by atoms with van der Waals surface area (Å²) in [6.07, 6.45) is 0.232. The van der Waals surface area contributed by atoms with E-state index >= 15 is 0 Å². The maximum atomic E-state index is 13.1. The van der Waals surface area contributed by atoms with Crippen LogP contribution in [0, 0.1) is 6.42 Å². The minimum atomic E-state index is -4.38. The Morgan fingerprint density at radius 1 is 1.41 bits per heavy atom. The second-order valence-electron chi connectivity index (χ2n) is 6.97. The van der Waals surface area contributed by atoms with E-state index in [1.54, 1.807) is 0 Å². The molecule has 1 aromatic rings. The molecule has 1 aromatic heterocycles. The van der Waals surface area contributed by atoms with Crippen LogP contribution in [0.4, 0.5) is 0 Å². The number of hydrogen-bond donors (Lipinski definition) is 2. The summed E-state index contributed by atoms with van der Waals surface area (Å²) in [6.45, 7) is 5.82. The van der Waals surface area contributed by atoms with Crippen LogP contribution in [0.15, 0.2) is 14.5 Å². The van der Waals surface area contributed by atoms with Gasteiger partial charge in [-0.15, -0.1) is 11.3 Å². The molecule has 1 amide bonds. The molecule has 32 heavy (non-hydrogen) atoms. The molecule has 1 aliphatic rings. The minimum absolute atomic E-state index is 0.0833. The highest BCUT2D eigenvalue weighted by Crippen LogP contribution is 2.40. The second-order valence-corrected chi connectivity index (χ2v) is 12.1. The summed E-state index contributed by atoms with van der Waals surface area (Å²) in [4.78, 5) is 23.5. The van der Waals surface area contributed by atoms with Crippen molar-refractivity contribution in [1.82, 2.24) is 14.3 Å². The smallest absolute Gasteiger partial charge is 0.310 e. The van der Waals surface area contributed by atoms with Gasteiger partial charge in [0.15, 0.2) is 6.10 Å². The van der Waals surface area contributed by atoms with Crippen LogP contribution < -0.4 is 10.0 Å². The Bertz CT molecular complexity index is 1040. The van der Waals surface area contributed by atoms with Crippen LogP contribution in [-0.2, 0) is 39.1 Å². The summed E-state index contributed by atoms with van der Waals surface area (Å²) >= 11 is 0.576. The topological polar surface area (TPSA) is 148 Å². The predicted octanol–water partition coefficient (Wildman–Crippen LogP) is 0.400. The fourth-order valence-corrected chi connectivity index (χ4v) is 7.97. The van der Waals surface area contributed by atoms with Crippen molar-refractivity contribution in [3.8, 4) is 0 Å². The number of likely N-dealkylation sites (N-methyl/N-ethyl adjacent to an activating group) is 1. The highest BCUT2D eigenvalue weighted by molar-refractivity contribution is 7.94. The molecule has 0 aromatic carbocycles. The molecular formula is C18H28N3O8S3. The van der Waals surface area contributed by atoms with Crippen molar-refractivity contribution in [3.05, 3.63) is 18.1 Å². The molecule has 0 saturated heterocycles. The lowest BCUT2D eigenvalue weighted by Gasteiger charge is -2.32. The van der Waals surface area contributed by atoms with Gasteiger partial charge in [0.25, 0.3) is 26.0 Å². The summed E-state index contributed by atoms with van der Waals surface area (Å²) in [7, 11) is -6.77. The van der Waals surface area contributed by atoms with Crippen LogP contribution in [0.1, 0.15) is 38.8 Å². The van der Waals surface area contributed by atoms with Crippen molar-refractivity contribution in [2.45, 2.75) is 47.8 Å². The summed E-state index contributed by atoms with van der Waals surface area (Å²) in [5.74, 6) is -1.82. The van der Waals surface area contributed by atoms with Crippen molar-refractivity contribution in [2.75, 3.05) is 33.4 Å². The lowest BCUT2D eigenvalue weighted by atomic mass is 10.1. The zero-order chi connectivity index (χ0) is 24.1. The standard InChI is InChI=1S/C18H28N3O8S3/c1-5-15(22)29-12(3)17(23)20-31(24,25)16-10-13-14(19-6-2)11-21(8-7-9-28-4)32(26,27)18(13)30-16/h5,10,12,14,19H,6-9,11H2,1-4H3,(H,20,23)/t12-,14-/m0/s1. The number of methoxy groups -OCH3 is 1. The molecule has 14 heteroatoms. The van der Waals surface area contributed by atoms with E-state index in [2.05, 4.69) is 5.32 Å². The van der Waals surface area contributed by atoms with E-state index < -0.39 is 44.1 Å². The molecule has 0 fully saturated rings. The van der Waals surface area contributed by atoms with Gasteiger partial charge in [-0.25, -0.2) is 21.6 Å². The molecule has 1 aliphatic heterocycles. The van der Waals surface area contributed by atoms with Gasteiger partial charge in [-0.1, -0.05) is 13.8 Å². The van der Waals surface area contributed by atoms with Gasteiger partial charge in [0.1, 0.15) is 8.42 Å². The first-order valence-electron chi connectivity index (χ1n) is 9.90. The number of rotatable bonds is 11. The van der Waals surface area contributed by atoms with E-state index in [1.807, 2.05) is 11.6 Å². The molecule has 0 aliphatic carbocycles. The maximum Gasteiger partial charge on any atom is 0.310 e. The molecular weight excluding hydrogens is 482 g/mol. The first-order valence-corrected chi connectivity index (χ1v) is 13.6. The molecule has 1 radical (unpaired) electrons. The molecule has 0 spiro atoms. The number of esters is 1. The fraction of sp³-hybridized carbons (Fsp3) is 0.611. The van der Waals surface area contributed by atoms with Crippen LogP contribution >= 0.6 is 11.3 Å². The summed E-state index contributed by atoms with van der Waals surface area (Å²) in [6, 6.07) is 0.862. The van der Waals surface area contributed by atoms with Crippen molar-refractivity contribution < 1.29 is 35.9 Å². The average molecular weight is 511 g/mol. The number of fused-ring (bicyclic) bond motifs is 1. The first kappa shape index (κ1) is 26.7. The lowest BCUT2D eigenvalue weighted by Crippen LogP contribution is -2.43. The van der Waals surface area contributed by atoms with E-state index in [4.69, 9.17) is 9.47 Å². The summed E-state index contributed by atoms with van der Waals surface area (Å²) in [5.41, 5.74) is 0.340. The fourth-order valence-electron chi connectivity index (χ4n) is 3.04. The number of nitrogens with one attached hydrogen (secondary N) is 2. The third-order valence-corrected chi connectivity index (χ3v) is 10.0. The minimum Gasteiger partial charge on any atom is -0.452 e. The number of sulfonamides is 2. The van der Waals surface area contributed by atoms with Gasteiger partial charge in [-0.3, -0.25) is 9.59 Å². The summed E-state index contributed by atoms with van der Waals surface area (Å²) in [5, 5.41) is 3.18. The van der Waals surface area contributed by atoms with Gasteiger partial charge >= 0.3 is 5.97 Å². The van der Waals surface area contributed by atoms with Gasteiger partial charge in [0.2, 0.25) is 0 Å². The number of ether oxygens (including phenoxy) is 2. The number of thiophene rings is 1. The van der Waals surface area contributed by atoms with Crippen LogP contribution in [-0.4, -0.2) is 72.5 Å². The molecule has 0 bridgehead atoms. The quantitative estimate of drug-likeness (QED) is 0.319. The zero-order valence-corrected chi connectivity index (χ0v) is 20.7. The number of carbonyl (C=O) groups excluding carboxylic acids is 2. The molecule has 0 unspecified atom stereocenters. The zero-order valence-electron chi connectivity index (χ0n) is 18.3. The maximum absolute atomic E-state index is 13.1. The van der Waals surface area contributed by atoms with Crippen molar-refractivity contribution in [2.24, 2.45) is 0 Å². The molecule has 11 nitrogen and oxygen atoms in total. The van der Waals surface area contributed by atoms with Crippen molar-refractivity contribution in [3.63, 3.8) is 0 Å². The van der Waals surface area contributed by atoms with Gasteiger partial charge in [0.05, 0.1) is 6.42 Å². The third kappa shape index (κ3) is 6.05. The van der Waals surface area contributed by atoms with Crippen molar-refractivity contribution in [1.29, 1.82) is 0 Å². The van der Waals surface area contributed by atoms with E-state index in [9.17, 15) is 26.4 Å². The lowest BCUT2D eigenvalue weighted by molar-refractivity contribution is -0.150. The van der Waals surface area contributed by atoms with Crippen LogP contribution in [0.3, 0.4) is 0 Å². The molecule has 2 rings (SSSR count). The predicted molar refractivity (Wildman–Crippen MR) is 117 cm³/mol. The van der Waals surface area contributed by atoms with Crippen LogP contribution in [0.5, 0.6) is 0 Å². The Labute approximate surface area is 192 Å². The first-order chi connectivity index (χ1) is 15.0. The number of amides is 1. The monoisotopic (exact) mass is 510 g/mol. The summed E-state index contributed by atoms with van der Waals surface area (Å²) < 4.78 is 64.3. The highest BCUT2D eigenvalue weighted by atomic mass is 32.3. The number of carbonyl (C=O) groups is 2. The van der Waals surface area contributed by atoms with Gasteiger partial charge < -0.3 is 14.8 Å². The molecule has 0 saturated carbocycles. The highest BCUT2D eigenvalue weighted by Gasteiger charge is 2.40. The Morgan fingerprint density at radius 3 is 2.69 bits per heavy atom. The molecule has 2 atom stereocenters. The Kier molecular flexibility index (Phi) is 9.19. The van der Waals surface area contributed by atoms with E-state index in [1.165, 1.54) is 31.3 Å². The van der Waals surface area contributed by atoms with Crippen molar-refractivity contribution >= 4 is 43.3 Å². The molecule has 2 heterocycles. The van der Waals surface area contributed by atoms with E-state index in [-0.39, 0.29) is 21.5 Å². The van der Waals surface area contributed by atoms with E-state index in [0.717, 1.165) is 6.42 Å². The van der Waals surface area contributed by atoms with Gasteiger partial charge in [-0.2, -0.15) is 4.31 Å². The Morgan fingerprint density at radius 2 is 2.09 bits per heavy atom. The average Bonchev–Trinajstić information content (AvgIpc) is 3.19. The van der Waals surface area contributed by atoms with Crippen LogP contribution in [0.2, 0.25) is 0 Å². The SMILES string of the molecule is C[CH]C(=O)O[C@@H](C)C(=O)NS(=O)(=O)c1cc2c(s1)S(=O)(=O)N(CCCOC)C[C@@H]2NCC. The number of nitrogens with zero attached hydrogens (tertiary/aromatic N) is 1. The van der Waals surface area contributed by atoms with Gasteiger partial charge in [0, 0.05) is 38.4 Å². The Balaban J connectivity index is 2.34. The van der Waals surface area contributed by atoms with E-state index in [0.29, 0.717) is 36.5 Å². The normalized spacial score (nSPS) is 19.2. The number of hydrogen-bond acceptors (Lipinski definition) is 10. The molecule has 181 valence electrons. The van der Waals surface area contributed by atoms with Gasteiger partial charge in [-0.05, 0) is 26.0 Å². The third-order valence-electron chi connectivity index (χ3n) is 4.64.